The van der Waals surface area contributed by atoms with Crippen LogP contribution in [0.3, 0.4) is 0 Å². The van der Waals surface area contributed by atoms with E-state index in [1.807, 2.05) is 24.5 Å². The highest BCUT2D eigenvalue weighted by Crippen LogP contribution is 2.27. The fourth-order valence-corrected chi connectivity index (χ4v) is 2.79. The molecule has 4 heteroatoms. The molecule has 1 aliphatic carbocycles. The molecular weight excluding hydrogens is 236 g/mol. The highest BCUT2D eigenvalue weighted by Gasteiger charge is 2.20. The van der Waals surface area contributed by atoms with Gasteiger partial charge < -0.3 is 5.32 Å². The predicted octanol–water partition coefficient (Wildman–Crippen LogP) is 2.40. The number of fused-ring (bicyclic) bond motifs is 1. The van der Waals surface area contributed by atoms with E-state index in [1.165, 1.54) is 36.2 Å². The Hall–Kier alpha value is -1.68. The van der Waals surface area contributed by atoms with E-state index in [9.17, 15) is 0 Å². The first-order valence-electron chi connectivity index (χ1n) is 7.09. The molecule has 2 aromatic rings. The maximum Gasteiger partial charge on any atom is 0.0605 e. The summed E-state index contributed by atoms with van der Waals surface area (Å²) in [5.41, 5.74) is 3.89. The number of nitrogens with one attached hydrogen (secondary N) is 2. The molecule has 0 radical (unpaired) electrons. The lowest BCUT2D eigenvalue weighted by Crippen LogP contribution is -2.27. The predicted molar refractivity (Wildman–Crippen MR) is 74.8 cm³/mol. The minimum Gasteiger partial charge on any atom is -0.309 e. The average molecular weight is 256 g/mol. The quantitative estimate of drug-likeness (QED) is 0.808. The number of hydrogen-bond acceptors (Lipinski definition) is 3. The molecule has 2 N–H and O–H groups in total. The highest BCUT2D eigenvalue weighted by atomic mass is 15.1. The van der Waals surface area contributed by atoms with Crippen molar-refractivity contribution >= 4 is 0 Å². The van der Waals surface area contributed by atoms with Crippen LogP contribution in [0.5, 0.6) is 0 Å². The van der Waals surface area contributed by atoms with Crippen molar-refractivity contribution in [2.24, 2.45) is 0 Å². The van der Waals surface area contributed by atoms with E-state index in [-0.39, 0.29) is 0 Å². The van der Waals surface area contributed by atoms with Gasteiger partial charge in [0.05, 0.1) is 5.69 Å². The van der Waals surface area contributed by atoms with Gasteiger partial charge in [-0.15, -0.1) is 0 Å². The fraction of sp³-hybridized carbons (Fsp3) is 0.467. The molecule has 1 aliphatic rings. The summed E-state index contributed by atoms with van der Waals surface area (Å²) in [6.07, 6.45) is 9.53. The van der Waals surface area contributed by atoms with Gasteiger partial charge in [0.15, 0.2) is 0 Å². The van der Waals surface area contributed by atoms with Gasteiger partial charge in [-0.2, -0.15) is 5.10 Å². The third kappa shape index (κ3) is 3.01. The Balaban J connectivity index is 1.51. The third-order valence-electron chi connectivity index (χ3n) is 3.77. The SMILES string of the molecule is c1cnc2c(c1)CCCC2NCCCc1ccn[nH]1. The van der Waals surface area contributed by atoms with Crippen LogP contribution in [0.15, 0.2) is 30.6 Å². The number of hydrogen-bond donors (Lipinski definition) is 2. The van der Waals surface area contributed by atoms with Gasteiger partial charge in [-0.3, -0.25) is 10.1 Å². The van der Waals surface area contributed by atoms with Crippen LogP contribution in [0, 0.1) is 0 Å². The van der Waals surface area contributed by atoms with Crippen molar-refractivity contribution in [1.29, 1.82) is 0 Å². The van der Waals surface area contributed by atoms with E-state index in [4.69, 9.17) is 0 Å². The first-order chi connectivity index (χ1) is 9.43. The second kappa shape index (κ2) is 5.97. The molecular formula is C15H20N4. The van der Waals surface area contributed by atoms with Crippen molar-refractivity contribution in [2.75, 3.05) is 6.54 Å². The zero-order valence-corrected chi connectivity index (χ0v) is 11.1. The molecule has 0 saturated heterocycles. The molecule has 2 heterocycles. The van der Waals surface area contributed by atoms with Crippen LogP contribution >= 0.6 is 0 Å². The summed E-state index contributed by atoms with van der Waals surface area (Å²) in [5.74, 6) is 0. The topological polar surface area (TPSA) is 53.6 Å². The van der Waals surface area contributed by atoms with E-state index in [1.54, 1.807) is 0 Å². The molecule has 0 saturated carbocycles. The van der Waals surface area contributed by atoms with Crippen molar-refractivity contribution in [3.05, 3.63) is 47.5 Å². The van der Waals surface area contributed by atoms with Crippen molar-refractivity contribution in [3.8, 4) is 0 Å². The van der Waals surface area contributed by atoms with Crippen molar-refractivity contribution in [3.63, 3.8) is 0 Å². The lowest BCUT2D eigenvalue weighted by atomic mass is 9.92. The molecule has 0 aromatic carbocycles. The van der Waals surface area contributed by atoms with E-state index < -0.39 is 0 Å². The third-order valence-corrected chi connectivity index (χ3v) is 3.77. The zero-order valence-electron chi connectivity index (χ0n) is 11.1. The molecule has 19 heavy (non-hydrogen) atoms. The summed E-state index contributed by atoms with van der Waals surface area (Å²) in [6, 6.07) is 6.73. The Bertz CT molecular complexity index is 507. The Morgan fingerprint density at radius 2 is 2.32 bits per heavy atom. The monoisotopic (exact) mass is 256 g/mol. The second-order valence-corrected chi connectivity index (χ2v) is 5.13. The summed E-state index contributed by atoms with van der Waals surface area (Å²) in [5, 5.41) is 10.6. The number of pyridine rings is 1. The molecule has 1 atom stereocenters. The average Bonchev–Trinajstić information content (AvgIpc) is 2.97. The Labute approximate surface area is 113 Å². The van der Waals surface area contributed by atoms with Gasteiger partial charge in [0.1, 0.15) is 0 Å². The number of aromatic amines is 1. The van der Waals surface area contributed by atoms with Crippen molar-refractivity contribution in [1.82, 2.24) is 20.5 Å². The van der Waals surface area contributed by atoms with Gasteiger partial charge in [0.25, 0.3) is 0 Å². The molecule has 0 spiro atoms. The minimum absolute atomic E-state index is 0.437. The smallest absolute Gasteiger partial charge is 0.0605 e. The molecule has 100 valence electrons. The number of aryl methyl sites for hydroxylation is 2. The lowest BCUT2D eigenvalue weighted by molar-refractivity contribution is 0.444. The van der Waals surface area contributed by atoms with Crippen LogP contribution in [-0.4, -0.2) is 21.7 Å². The summed E-state index contributed by atoms with van der Waals surface area (Å²) < 4.78 is 0. The molecule has 0 aliphatic heterocycles. The van der Waals surface area contributed by atoms with Crippen LogP contribution in [0.25, 0.3) is 0 Å². The van der Waals surface area contributed by atoms with Crippen LogP contribution in [0.2, 0.25) is 0 Å². The summed E-state index contributed by atoms with van der Waals surface area (Å²) in [7, 11) is 0. The van der Waals surface area contributed by atoms with Gasteiger partial charge >= 0.3 is 0 Å². The number of nitrogens with zero attached hydrogens (tertiary/aromatic N) is 2. The summed E-state index contributed by atoms with van der Waals surface area (Å²) in [6.45, 7) is 1.03. The van der Waals surface area contributed by atoms with Gasteiger partial charge in [-0.05, 0) is 56.3 Å². The number of rotatable bonds is 5. The van der Waals surface area contributed by atoms with E-state index >= 15 is 0 Å². The van der Waals surface area contributed by atoms with Crippen molar-refractivity contribution in [2.45, 2.75) is 38.1 Å². The number of aromatic nitrogens is 3. The number of H-pyrrole nitrogens is 1. The Morgan fingerprint density at radius 3 is 3.21 bits per heavy atom. The molecule has 0 bridgehead atoms. The standard InChI is InChI=1S/C15H20N4/c1-4-12-5-2-10-17-15(12)14(7-1)16-9-3-6-13-8-11-18-19-13/h2,5,8,10-11,14,16H,1,3-4,6-7,9H2,(H,18,19). The lowest BCUT2D eigenvalue weighted by Gasteiger charge is -2.25. The van der Waals surface area contributed by atoms with Gasteiger partial charge in [0.2, 0.25) is 0 Å². The van der Waals surface area contributed by atoms with Crippen LogP contribution in [0.4, 0.5) is 0 Å². The van der Waals surface area contributed by atoms with E-state index in [0.717, 1.165) is 19.4 Å². The first-order valence-corrected chi connectivity index (χ1v) is 7.09. The van der Waals surface area contributed by atoms with Crippen molar-refractivity contribution < 1.29 is 0 Å². The normalized spacial score (nSPS) is 18.2. The van der Waals surface area contributed by atoms with Gasteiger partial charge in [-0.1, -0.05) is 6.07 Å². The summed E-state index contributed by atoms with van der Waals surface area (Å²) >= 11 is 0. The maximum absolute atomic E-state index is 4.55. The molecule has 4 nitrogen and oxygen atoms in total. The Kier molecular flexibility index (Phi) is 3.89. The van der Waals surface area contributed by atoms with E-state index in [2.05, 4.69) is 26.6 Å². The van der Waals surface area contributed by atoms with Crippen LogP contribution in [-0.2, 0) is 12.8 Å². The van der Waals surface area contributed by atoms with Crippen LogP contribution in [0.1, 0.15) is 42.3 Å². The van der Waals surface area contributed by atoms with Crippen LogP contribution < -0.4 is 5.32 Å². The zero-order chi connectivity index (χ0) is 12.9. The highest BCUT2D eigenvalue weighted by molar-refractivity contribution is 5.25. The van der Waals surface area contributed by atoms with Gasteiger partial charge in [0, 0.05) is 24.1 Å². The Morgan fingerprint density at radius 1 is 1.32 bits per heavy atom. The molecule has 0 fully saturated rings. The summed E-state index contributed by atoms with van der Waals surface area (Å²) in [4.78, 5) is 4.55. The minimum atomic E-state index is 0.437. The molecule has 0 amide bonds. The molecule has 1 unspecified atom stereocenters. The largest absolute Gasteiger partial charge is 0.309 e. The maximum atomic E-state index is 4.55. The first kappa shape index (κ1) is 12.4. The molecule has 2 aromatic heterocycles. The van der Waals surface area contributed by atoms with E-state index in [0.29, 0.717) is 6.04 Å². The molecule has 3 rings (SSSR count). The second-order valence-electron chi connectivity index (χ2n) is 5.13. The fourth-order valence-electron chi connectivity index (χ4n) is 2.79. The van der Waals surface area contributed by atoms with Gasteiger partial charge in [-0.25, -0.2) is 0 Å².